The van der Waals surface area contributed by atoms with Crippen molar-refractivity contribution in [3.8, 4) is 0 Å². The number of carboxylic acid groups (broad SMARTS) is 1. The van der Waals surface area contributed by atoms with Crippen molar-refractivity contribution in [1.29, 1.82) is 0 Å². The summed E-state index contributed by atoms with van der Waals surface area (Å²) in [6.07, 6.45) is -0.703. The molecule has 3 rings (SSSR count). The van der Waals surface area contributed by atoms with E-state index in [1.165, 1.54) is 18.5 Å². The molecule has 3 aromatic rings. The lowest BCUT2D eigenvalue weighted by molar-refractivity contribution is -0.137. The number of benzene rings is 1. The molecule has 0 saturated heterocycles. The highest BCUT2D eigenvalue weighted by atomic mass is 32.2. The normalized spacial score (nSPS) is 11.6. The third-order valence-corrected chi connectivity index (χ3v) is 4.30. The summed E-state index contributed by atoms with van der Waals surface area (Å²) in [5, 5.41) is 12.7. The number of carboxylic acids is 1. The highest BCUT2D eigenvalue weighted by molar-refractivity contribution is 7.85. The maximum Gasteiger partial charge on any atom is 0.416 e. The van der Waals surface area contributed by atoms with Crippen molar-refractivity contribution in [2.24, 2.45) is 0 Å². The van der Waals surface area contributed by atoms with Crippen LogP contribution in [0.4, 0.5) is 24.5 Å². The molecule has 12 heteroatoms. The maximum atomic E-state index is 12.8. The average Bonchev–Trinajstić information content (AvgIpc) is 2.92. The van der Waals surface area contributed by atoms with E-state index in [0.29, 0.717) is 17.3 Å². The Morgan fingerprint density at radius 1 is 1.18 bits per heavy atom. The molecule has 0 aliphatic carbocycles. The van der Waals surface area contributed by atoms with Gasteiger partial charge in [0.05, 0.1) is 17.5 Å². The van der Waals surface area contributed by atoms with Gasteiger partial charge in [0, 0.05) is 28.2 Å². The molecule has 0 aliphatic heterocycles. The number of fused-ring (bicyclic) bond motifs is 1. The molecule has 150 valence electrons. The number of alkyl halides is 3. The minimum absolute atomic E-state index is 0.0452. The van der Waals surface area contributed by atoms with E-state index in [1.807, 2.05) is 0 Å². The van der Waals surface area contributed by atoms with Crippen molar-refractivity contribution < 1.29 is 36.0 Å². The number of aromatic nitrogens is 1. The molecule has 0 aliphatic rings. The maximum absolute atomic E-state index is 12.8. The lowest BCUT2D eigenvalue weighted by Crippen LogP contribution is -2.03. The fourth-order valence-corrected chi connectivity index (χ4v) is 3.16. The van der Waals surface area contributed by atoms with Gasteiger partial charge in [0.25, 0.3) is 10.1 Å². The van der Waals surface area contributed by atoms with Crippen LogP contribution in [0.3, 0.4) is 0 Å². The highest BCUT2D eigenvalue weighted by Gasteiger charge is 2.31. The number of pyridine rings is 1. The molecule has 0 bridgehead atoms. The summed E-state index contributed by atoms with van der Waals surface area (Å²) < 4.78 is 64.5. The molecule has 0 saturated carbocycles. The van der Waals surface area contributed by atoms with Crippen LogP contribution in [0, 0.1) is 0 Å². The lowest BCUT2D eigenvalue weighted by Gasteiger charge is -2.08. The smallest absolute Gasteiger partial charge is 0.416 e. The standard InChI is InChI=1S/C15H9F3N2O2S.CH4O3S/c16-15(17,18)8-1-2-10-11(7-8)23-13(14(21)22)12(10)20-9-3-5-19-6-4-9;1-5(2,3)4/h1-7H,(H,19,20)(H,21,22);1H3,(H,2,3,4). The van der Waals surface area contributed by atoms with E-state index in [4.69, 9.17) is 4.55 Å². The molecular formula is C16H13F3N2O5S2. The first kappa shape index (κ1) is 21.6. The summed E-state index contributed by atoms with van der Waals surface area (Å²) in [5.41, 5.74) is 0.0678. The zero-order valence-corrected chi connectivity index (χ0v) is 15.7. The number of nitrogens with one attached hydrogen (secondary N) is 1. The van der Waals surface area contributed by atoms with Crippen molar-refractivity contribution in [1.82, 2.24) is 4.98 Å². The van der Waals surface area contributed by atoms with Crippen LogP contribution in [-0.4, -0.2) is 35.3 Å². The van der Waals surface area contributed by atoms with Gasteiger partial charge >= 0.3 is 12.1 Å². The van der Waals surface area contributed by atoms with E-state index < -0.39 is 27.8 Å². The second kappa shape index (κ2) is 8.12. The third kappa shape index (κ3) is 5.90. The van der Waals surface area contributed by atoms with Gasteiger partial charge in [0.2, 0.25) is 0 Å². The molecule has 3 N–H and O–H groups in total. The fourth-order valence-electron chi connectivity index (χ4n) is 2.13. The summed E-state index contributed by atoms with van der Waals surface area (Å²) >= 11 is 0.804. The molecule has 0 unspecified atom stereocenters. The number of thiophene rings is 1. The monoisotopic (exact) mass is 434 g/mol. The van der Waals surface area contributed by atoms with Gasteiger partial charge < -0.3 is 10.4 Å². The Balaban J connectivity index is 0.000000500. The summed E-state index contributed by atoms with van der Waals surface area (Å²) in [7, 11) is -3.67. The Hall–Kier alpha value is -2.70. The first-order valence-corrected chi connectivity index (χ1v) is 9.99. The van der Waals surface area contributed by atoms with Crippen LogP contribution in [0.5, 0.6) is 0 Å². The predicted octanol–water partition coefficient (Wildman–Crippen LogP) is 4.26. The van der Waals surface area contributed by atoms with Crippen LogP contribution in [0.25, 0.3) is 10.1 Å². The van der Waals surface area contributed by atoms with E-state index >= 15 is 0 Å². The topological polar surface area (TPSA) is 117 Å². The molecule has 28 heavy (non-hydrogen) atoms. The summed E-state index contributed by atoms with van der Waals surface area (Å²) in [6, 6.07) is 6.46. The first-order valence-electron chi connectivity index (χ1n) is 7.33. The van der Waals surface area contributed by atoms with Crippen molar-refractivity contribution in [3.05, 3.63) is 53.2 Å². The third-order valence-electron chi connectivity index (χ3n) is 3.16. The molecule has 0 atom stereocenters. The number of hydrogen-bond donors (Lipinski definition) is 3. The molecule has 0 amide bonds. The second-order valence-corrected chi connectivity index (χ2v) is 7.93. The molecule has 1 aromatic carbocycles. The van der Waals surface area contributed by atoms with Crippen molar-refractivity contribution >= 4 is 48.9 Å². The Morgan fingerprint density at radius 3 is 2.25 bits per heavy atom. The average molecular weight is 434 g/mol. The van der Waals surface area contributed by atoms with Crippen LogP contribution in [0.1, 0.15) is 15.2 Å². The predicted molar refractivity (Wildman–Crippen MR) is 98.8 cm³/mol. The van der Waals surface area contributed by atoms with Gasteiger partial charge in [0.15, 0.2) is 0 Å². The number of anilines is 2. The van der Waals surface area contributed by atoms with E-state index in [0.717, 1.165) is 23.5 Å². The summed E-state index contributed by atoms with van der Waals surface area (Å²) in [6.45, 7) is 0. The number of hydrogen-bond acceptors (Lipinski definition) is 6. The highest BCUT2D eigenvalue weighted by Crippen LogP contribution is 2.40. The number of nitrogens with zero attached hydrogens (tertiary/aromatic N) is 1. The van der Waals surface area contributed by atoms with Crippen LogP contribution in [-0.2, 0) is 16.3 Å². The molecule has 0 spiro atoms. The number of halogens is 3. The van der Waals surface area contributed by atoms with Crippen LogP contribution >= 0.6 is 11.3 Å². The van der Waals surface area contributed by atoms with E-state index in [9.17, 15) is 31.5 Å². The van der Waals surface area contributed by atoms with Crippen LogP contribution < -0.4 is 5.32 Å². The first-order chi connectivity index (χ1) is 12.9. The quantitative estimate of drug-likeness (QED) is 0.527. The minimum Gasteiger partial charge on any atom is -0.477 e. The lowest BCUT2D eigenvalue weighted by atomic mass is 10.1. The Kier molecular flexibility index (Phi) is 6.27. The van der Waals surface area contributed by atoms with Crippen molar-refractivity contribution in [2.45, 2.75) is 6.18 Å². The van der Waals surface area contributed by atoms with Crippen molar-refractivity contribution in [2.75, 3.05) is 11.6 Å². The summed E-state index contributed by atoms with van der Waals surface area (Å²) in [5.74, 6) is -1.20. The fraction of sp³-hybridized carbons (Fsp3) is 0.125. The Labute approximate surface area is 161 Å². The van der Waals surface area contributed by atoms with E-state index in [2.05, 4.69) is 10.3 Å². The van der Waals surface area contributed by atoms with Gasteiger partial charge in [0.1, 0.15) is 4.88 Å². The van der Waals surface area contributed by atoms with Gasteiger partial charge in [-0.1, -0.05) is 6.07 Å². The molecule has 2 heterocycles. The van der Waals surface area contributed by atoms with Crippen LogP contribution in [0.15, 0.2) is 42.7 Å². The zero-order chi connectivity index (χ0) is 21.1. The second-order valence-electron chi connectivity index (χ2n) is 5.41. The molecule has 0 fully saturated rings. The van der Waals surface area contributed by atoms with E-state index in [1.54, 1.807) is 12.1 Å². The van der Waals surface area contributed by atoms with E-state index in [-0.39, 0.29) is 15.3 Å². The summed E-state index contributed by atoms with van der Waals surface area (Å²) in [4.78, 5) is 15.2. The van der Waals surface area contributed by atoms with Crippen molar-refractivity contribution in [3.63, 3.8) is 0 Å². The van der Waals surface area contributed by atoms with Gasteiger partial charge in [-0.2, -0.15) is 21.6 Å². The number of aromatic carboxylic acids is 1. The molecule has 7 nitrogen and oxygen atoms in total. The van der Waals surface area contributed by atoms with Gasteiger partial charge in [-0.25, -0.2) is 4.79 Å². The zero-order valence-electron chi connectivity index (χ0n) is 14.1. The molecule has 0 radical (unpaired) electrons. The Bertz CT molecular complexity index is 1090. The number of carbonyl (C=O) groups is 1. The van der Waals surface area contributed by atoms with Gasteiger partial charge in [-0.3, -0.25) is 9.54 Å². The van der Waals surface area contributed by atoms with Gasteiger partial charge in [-0.15, -0.1) is 11.3 Å². The Morgan fingerprint density at radius 2 is 1.75 bits per heavy atom. The minimum atomic E-state index is -4.47. The van der Waals surface area contributed by atoms with Gasteiger partial charge in [-0.05, 0) is 24.3 Å². The van der Waals surface area contributed by atoms with Crippen LogP contribution in [0.2, 0.25) is 0 Å². The SMILES string of the molecule is CS(=O)(=O)O.O=C(O)c1sc2cc(C(F)(F)F)ccc2c1Nc1ccncc1. The molecule has 2 aromatic heterocycles. The largest absolute Gasteiger partial charge is 0.477 e. The molecular weight excluding hydrogens is 421 g/mol. The number of rotatable bonds is 3.